The van der Waals surface area contributed by atoms with Gasteiger partial charge in [0.1, 0.15) is 5.82 Å². The van der Waals surface area contributed by atoms with Crippen LogP contribution >= 0.6 is 0 Å². The molecule has 0 saturated carbocycles. The number of hydrogen-bond donors (Lipinski definition) is 0. The first kappa shape index (κ1) is 14.0. The summed E-state index contributed by atoms with van der Waals surface area (Å²) >= 11 is 0. The molecule has 2 aliphatic rings. The molecule has 2 heteroatoms. The van der Waals surface area contributed by atoms with Gasteiger partial charge in [-0.3, -0.25) is 0 Å². The Kier molecular flexibility index (Phi) is 3.14. The van der Waals surface area contributed by atoms with Crippen molar-refractivity contribution < 1.29 is 0 Å². The molecule has 0 aromatic heterocycles. The fraction of sp³-hybridized carbons (Fsp3) is 0. The minimum Gasteiger partial charge on any atom is -0.301 e. The molecule has 0 saturated heterocycles. The average Bonchev–Trinajstić information content (AvgIpc) is 3.08. The van der Waals surface area contributed by atoms with Crippen LogP contribution in [0.25, 0.3) is 39.1 Å². The molecule has 0 spiro atoms. The lowest BCUT2D eigenvalue weighted by Gasteiger charge is -2.16. The zero-order chi connectivity index (χ0) is 16.6. The first-order valence-electron chi connectivity index (χ1n) is 8.42. The van der Waals surface area contributed by atoms with E-state index in [0.717, 1.165) is 17.0 Å². The quantitative estimate of drug-likeness (QED) is 0.402. The van der Waals surface area contributed by atoms with Gasteiger partial charge in [-0.1, -0.05) is 66.7 Å². The van der Waals surface area contributed by atoms with Gasteiger partial charge in [-0.05, 0) is 35.4 Å². The summed E-state index contributed by atoms with van der Waals surface area (Å²) in [5, 5.41) is 1.20. The number of pyridine rings is 1. The highest BCUT2D eigenvalue weighted by molar-refractivity contribution is 6.03. The minimum absolute atomic E-state index is 0.994. The van der Waals surface area contributed by atoms with Crippen LogP contribution in [0.15, 0.2) is 97.2 Å². The second-order valence-corrected chi connectivity index (χ2v) is 6.13. The molecule has 0 atom stereocenters. The van der Waals surface area contributed by atoms with Crippen molar-refractivity contribution in [2.45, 2.75) is 0 Å². The van der Waals surface area contributed by atoms with E-state index in [4.69, 9.17) is 4.98 Å². The maximum Gasteiger partial charge on any atom is 0.146 e. The summed E-state index contributed by atoms with van der Waals surface area (Å²) in [5.41, 5.74) is 5.79. The lowest BCUT2D eigenvalue weighted by Crippen LogP contribution is -2.01. The van der Waals surface area contributed by atoms with Crippen molar-refractivity contribution in [2.24, 2.45) is 0 Å². The summed E-state index contributed by atoms with van der Waals surface area (Å²) in [5.74, 6) is 0.994. The van der Waals surface area contributed by atoms with Crippen LogP contribution in [0.3, 0.4) is 0 Å². The molecular weight excluding hydrogens is 304 g/mol. The third kappa shape index (κ3) is 2.23. The zero-order valence-electron chi connectivity index (χ0n) is 13.6. The Bertz CT molecular complexity index is 1120. The Balaban J connectivity index is 1.88. The second-order valence-electron chi connectivity index (χ2n) is 6.13. The molecule has 5 rings (SSSR count). The molecule has 2 aliphatic heterocycles. The summed E-state index contributed by atoms with van der Waals surface area (Å²) < 4.78 is 2.17. The van der Waals surface area contributed by atoms with Gasteiger partial charge >= 0.3 is 0 Å². The predicted molar refractivity (Wildman–Crippen MR) is 103 cm³/mol. The number of aromatic nitrogens is 2. The van der Waals surface area contributed by atoms with E-state index in [1.807, 2.05) is 12.1 Å². The summed E-state index contributed by atoms with van der Waals surface area (Å²) in [7, 11) is 0. The van der Waals surface area contributed by atoms with E-state index < -0.39 is 0 Å². The molecule has 118 valence electrons. The van der Waals surface area contributed by atoms with E-state index in [1.165, 1.54) is 22.1 Å². The van der Waals surface area contributed by atoms with Crippen molar-refractivity contribution in [1.29, 1.82) is 0 Å². The molecule has 0 N–H and O–H groups in total. The molecule has 0 aliphatic carbocycles. The third-order valence-electron chi connectivity index (χ3n) is 4.63. The highest BCUT2D eigenvalue weighted by Crippen LogP contribution is 2.40. The maximum absolute atomic E-state index is 4.94. The molecule has 3 aromatic rings. The van der Waals surface area contributed by atoms with E-state index in [0.29, 0.717) is 0 Å². The number of benzene rings is 3. The van der Waals surface area contributed by atoms with Crippen molar-refractivity contribution in [2.75, 3.05) is 0 Å². The van der Waals surface area contributed by atoms with Crippen LogP contribution in [0.1, 0.15) is 0 Å². The van der Waals surface area contributed by atoms with Gasteiger partial charge in [-0.2, -0.15) is 0 Å². The predicted octanol–water partition coefficient (Wildman–Crippen LogP) is 5.80. The van der Waals surface area contributed by atoms with Crippen molar-refractivity contribution in [1.82, 2.24) is 9.55 Å². The van der Waals surface area contributed by atoms with Gasteiger partial charge in [0.25, 0.3) is 0 Å². The Morgan fingerprint density at radius 1 is 0.640 bits per heavy atom. The fourth-order valence-electron chi connectivity index (χ4n) is 3.47. The number of rotatable bonds is 2. The first-order valence-corrected chi connectivity index (χ1v) is 8.42. The van der Waals surface area contributed by atoms with Gasteiger partial charge in [-0.25, -0.2) is 4.98 Å². The second kappa shape index (κ2) is 5.60. The van der Waals surface area contributed by atoms with Gasteiger partial charge in [-0.15, -0.1) is 0 Å². The Morgan fingerprint density at radius 2 is 1.32 bits per heavy atom. The van der Waals surface area contributed by atoms with Crippen LogP contribution in [0, 0.1) is 0 Å². The molecular formula is C23H16N2. The van der Waals surface area contributed by atoms with Crippen LogP contribution in [0.2, 0.25) is 0 Å². The Morgan fingerprint density at radius 3 is 2.12 bits per heavy atom. The van der Waals surface area contributed by atoms with Gasteiger partial charge in [0.2, 0.25) is 0 Å². The van der Waals surface area contributed by atoms with Gasteiger partial charge in [0.05, 0.1) is 5.52 Å². The van der Waals surface area contributed by atoms with Crippen LogP contribution in [-0.2, 0) is 0 Å². The average molecular weight is 320 g/mol. The topological polar surface area (TPSA) is 17.8 Å². The molecule has 3 aromatic carbocycles. The molecule has 2 heterocycles. The highest BCUT2D eigenvalue weighted by Gasteiger charge is 2.20. The van der Waals surface area contributed by atoms with Crippen LogP contribution < -0.4 is 0 Å². The summed E-state index contributed by atoms with van der Waals surface area (Å²) in [6, 6.07) is 31.5. The first-order chi connectivity index (χ1) is 12.4. The monoisotopic (exact) mass is 320 g/mol. The van der Waals surface area contributed by atoms with Crippen molar-refractivity contribution >= 4 is 10.9 Å². The van der Waals surface area contributed by atoms with E-state index in [-0.39, 0.29) is 0 Å². The Hall–Kier alpha value is -3.39. The van der Waals surface area contributed by atoms with E-state index in [2.05, 4.69) is 89.6 Å². The van der Waals surface area contributed by atoms with Gasteiger partial charge in [0.15, 0.2) is 0 Å². The number of hydrogen-bond acceptors (Lipinski definition) is 1. The zero-order valence-corrected chi connectivity index (χ0v) is 13.6. The fourth-order valence-corrected chi connectivity index (χ4v) is 3.47. The van der Waals surface area contributed by atoms with Crippen LogP contribution in [0.5, 0.6) is 0 Å². The van der Waals surface area contributed by atoms with Gasteiger partial charge < -0.3 is 4.57 Å². The van der Waals surface area contributed by atoms with Crippen molar-refractivity contribution in [3.8, 4) is 28.2 Å². The van der Waals surface area contributed by atoms with E-state index in [9.17, 15) is 0 Å². The minimum atomic E-state index is 0.994. The SMILES string of the molecule is c1ccc(-c2ccn(-c3ccccc3)c3nc4ccccc4c2-3)cc1. The smallest absolute Gasteiger partial charge is 0.146 e. The van der Waals surface area contributed by atoms with Gasteiger partial charge in [0, 0.05) is 22.8 Å². The standard InChI is InChI=1S/C23H16N2/c1-3-9-17(10-4-1)19-15-16-25(18-11-5-2-6-12-18)23-22(19)20-13-7-8-14-21(20)24-23/h1-16H. The largest absolute Gasteiger partial charge is 0.301 e. The third-order valence-corrected chi connectivity index (χ3v) is 4.63. The summed E-state index contributed by atoms with van der Waals surface area (Å²) in [6.07, 6.45) is 2.12. The number of fused-ring (bicyclic) bond motifs is 3. The van der Waals surface area contributed by atoms with E-state index >= 15 is 0 Å². The van der Waals surface area contributed by atoms with E-state index in [1.54, 1.807) is 0 Å². The number of para-hydroxylation sites is 2. The number of nitrogens with zero attached hydrogens (tertiary/aromatic N) is 2. The van der Waals surface area contributed by atoms with Crippen molar-refractivity contribution in [3.05, 3.63) is 97.2 Å². The van der Waals surface area contributed by atoms with Crippen LogP contribution in [0.4, 0.5) is 0 Å². The molecule has 25 heavy (non-hydrogen) atoms. The van der Waals surface area contributed by atoms with Crippen molar-refractivity contribution in [3.63, 3.8) is 0 Å². The summed E-state index contributed by atoms with van der Waals surface area (Å²) in [6.45, 7) is 0. The summed E-state index contributed by atoms with van der Waals surface area (Å²) in [4.78, 5) is 4.94. The Labute approximate surface area is 146 Å². The molecule has 0 fully saturated rings. The highest BCUT2D eigenvalue weighted by atomic mass is 15.0. The lowest BCUT2D eigenvalue weighted by molar-refractivity contribution is 1.02. The molecule has 0 bridgehead atoms. The normalized spacial score (nSPS) is 11.2. The molecule has 0 amide bonds. The molecule has 0 radical (unpaired) electrons. The molecule has 0 unspecified atom stereocenters. The van der Waals surface area contributed by atoms with Crippen LogP contribution in [-0.4, -0.2) is 9.55 Å². The molecule has 2 nitrogen and oxygen atoms in total. The lowest BCUT2D eigenvalue weighted by atomic mass is 9.98. The maximum atomic E-state index is 4.94.